The molecule has 0 saturated heterocycles. The summed E-state index contributed by atoms with van der Waals surface area (Å²) in [7, 11) is 0. The molecule has 2 aromatic heterocycles. The summed E-state index contributed by atoms with van der Waals surface area (Å²) in [5.41, 5.74) is 1.11. The number of aromatic nitrogens is 4. The summed E-state index contributed by atoms with van der Waals surface area (Å²) < 4.78 is 6.06. The van der Waals surface area contributed by atoms with E-state index in [4.69, 9.17) is 0 Å². The first-order valence-electron chi connectivity index (χ1n) is 5.53. The second kappa shape index (κ2) is 4.54. The Morgan fingerprint density at radius 2 is 2.18 bits per heavy atom. The van der Waals surface area contributed by atoms with Gasteiger partial charge in [-0.1, -0.05) is 0 Å². The molecule has 0 bridgehead atoms. The van der Waals surface area contributed by atoms with Crippen molar-refractivity contribution in [2.75, 3.05) is 0 Å². The molecule has 1 N–H and O–H groups in total. The molecular formula is C11H17N5S. The second-order valence-electron chi connectivity index (χ2n) is 5.00. The second-order valence-corrected chi connectivity index (χ2v) is 5.73. The van der Waals surface area contributed by atoms with Gasteiger partial charge in [-0.25, -0.2) is 9.97 Å². The topological polar surface area (TPSA) is 55.6 Å². The monoisotopic (exact) mass is 251 g/mol. The van der Waals surface area contributed by atoms with Gasteiger partial charge in [0.15, 0.2) is 0 Å². The summed E-state index contributed by atoms with van der Waals surface area (Å²) in [5, 5.41) is 4.26. The van der Waals surface area contributed by atoms with E-state index in [1.54, 1.807) is 6.33 Å². The minimum atomic E-state index is 0.100. The summed E-state index contributed by atoms with van der Waals surface area (Å²) in [5.74, 6) is 0.799. The van der Waals surface area contributed by atoms with Crippen molar-refractivity contribution in [1.29, 1.82) is 0 Å². The lowest BCUT2D eigenvalue weighted by Crippen LogP contribution is -2.35. The maximum absolute atomic E-state index is 4.34. The SMILES string of the molecule is Cc1nsc(-n2cnc(CNC(C)(C)C)c2)n1. The largest absolute Gasteiger partial charge is 0.306 e. The first kappa shape index (κ1) is 12.2. The molecule has 0 aromatic carbocycles. The van der Waals surface area contributed by atoms with Gasteiger partial charge in [0.05, 0.1) is 5.69 Å². The average Bonchev–Trinajstić information content (AvgIpc) is 2.81. The molecule has 0 unspecified atom stereocenters. The normalized spacial score (nSPS) is 12.0. The molecule has 0 saturated carbocycles. The van der Waals surface area contributed by atoms with Crippen LogP contribution in [0.2, 0.25) is 0 Å². The van der Waals surface area contributed by atoms with Crippen LogP contribution in [0.15, 0.2) is 12.5 Å². The van der Waals surface area contributed by atoms with Crippen LogP contribution in [-0.4, -0.2) is 24.4 Å². The Kier molecular flexibility index (Phi) is 3.26. The van der Waals surface area contributed by atoms with Crippen LogP contribution in [0.1, 0.15) is 32.3 Å². The van der Waals surface area contributed by atoms with Crippen molar-refractivity contribution in [3.63, 3.8) is 0 Å². The van der Waals surface area contributed by atoms with Gasteiger partial charge in [-0.05, 0) is 27.7 Å². The summed E-state index contributed by atoms with van der Waals surface area (Å²) in [6.45, 7) is 9.06. The Morgan fingerprint density at radius 3 is 2.76 bits per heavy atom. The van der Waals surface area contributed by atoms with Crippen LogP contribution < -0.4 is 5.32 Å². The smallest absolute Gasteiger partial charge is 0.214 e. The molecule has 0 aliphatic heterocycles. The summed E-state index contributed by atoms with van der Waals surface area (Å²) in [6, 6.07) is 0. The predicted molar refractivity (Wildman–Crippen MR) is 68.4 cm³/mol. The highest BCUT2D eigenvalue weighted by Crippen LogP contribution is 2.11. The molecule has 2 aromatic rings. The lowest BCUT2D eigenvalue weighted by Gasteiger charge is -2.19. The fourth-order valence-electron chi connectivity index (χ4n) is 1.31. The van der Waals surface area contributed by atoms with E-state index in [-0.39, 0.29) is 5.54 Å². The van der Waals surface area contributed by atoms with Crippen LogP contribution in [-0.2, 0) is 6.54 Å². The fraction of sp³-hybridized carbons (Fsp3) is 0.545. The van der Waals surface area contributed by atoms with Gasteiger partial charge >= 0.3 is 0 Å². The molecule has 0 aliphatic carbocycles. The molecule has 6 heteroatoms. The van der Waals surface area contributed by atoms with Gasteiger partial charge in [0.1, 0.15) is 12.2 Å². The van der Waals surface area contributed by atoms with Crippen LogP contribution in [0.4, 0.5) is 0 Å². The number of nitrogens with one attached hydrogen (secondary N) is 1. The zero-order valence-electron chi connectivity index (χ0n) is 10.6. The summed E-state index contributed by atoms with van der Waals surface area (Å²) >= 11 is 1.38. The van der Waals surface area contributed by atoms with Gasteiger partial charge < -0.3 is 5.32 Å². The van der Waals surface area contributed by atoms with Crippen molar-refractivity contribution in [3.05, 3.63) is 24.0 Å². The Morgan fingerprint density at radius 1 is 1.41 bits per heavy atom. The predicted octanol–water partition coefficient (Wildman–Crippen LogP) is 1.92. The summed E-state index contributed by atoms with van der Waals surface area (Å²) in [6.07, 6.45) is 3.76. The molecule has 92 valence electrons. The van der Waals surface area contributed by atoms with Gasteiger partial charge in [-0.15, -0.1) is 0 Å². The third-order valence-corrected chi connectivity index (χ3v) is 2.99. The zero-order chi connectivity index (χ0) is 12.5. The minimum Gasteiger partial charge on any atom is -0.306 e. The molecule has 0 fully saturated rings. The Balaban J connectivity index is 2.06. The maximum Gasteiger partial charge on any atom is 0.214 e. The van der Waals surface area contributed by atoms with Crippen molar-refractivity contribution < 1.29 is 0 Å². The number of nitrogens with zero attached hydrogens (tertiary/aromatic N) is 4. The lowest BCUT2D eigenvalue weighted by molar-refractivity contribution is 0.421. The van der Waals surface area contributed by atoms with E-state index < -0.39 is 0 Å². The molecule has 0 radical (unpaired) electrons. The van der Waals surface area contributed by atoms with E-state index in [0.29, 0.717) is 0 Å². The van der Waals surface area contributed by atoms with Crippen molar-refractivity contribution in [1.82, 2.24) is 24.2 Å². The first-order chi connectivity index (χ1) is 7.94. The third-order valence-electron chi connectivity index (χ3n) is 2.17. The highest BCUT2D eigenvalue weighted by molar-refractivity contribution is 7.08. The van der Waals surface area contributed by atoms with E-state index in [1.165, 1.54) is 11.5 Å². The summed E-state index contributed by atoms with van der Waals surface area (Å²) in [4.78, 5) is 8.66. The number of rotatable bonds is 3. The molecule has 0 aliphatic rings. The van der Waals surface area contributed by atoms with E-state index in [0.717, 1.165) is 23.2 Å². The molecular weight excluding hydrogens is 234 g/mol. The van der Waals surface area contributed by atoms with Gasteiger partial charge in [0.2, 0.25) is 5.13 Å². The quantitative estimate of drug-likeness (QED) is 0.905. The van der Waals surface area contributed by atoms with E-state index in [1.807, 2.05) is 17.7 Å². The van der Waals surface area contributed by atoms with Gasteiger partial charge in [-0.3, -0.25) is 4.57 Å². The maximum atomic E-state index is 4.34. The van der Waals surface area contributed by atoms with Gasteiger partial charge in [0.25, 0.3) is 0 Å². The molecule has 0 spiro atoms. The number of imidazole rings is 1. The van der Waals surface area contributed by atoms with Crippen LogP contribution >= 0.6 is 11.5 Å². The number of aryl methyl sites for hydroxylation is 1. The highest BCUT2D eigenvalue weighted by Gasteiger charge is 2.10. The van der Waals surface area contributed by atoms with Crippen LogP contribution in [0.5, 0.6) is 0 Å². The lowest BCUT2D eigenvalue weighted by atomic mass is 10.1. The first-order valence-corrected chi connectivity index (χ1v) is 6.30. The van der Waals surface area contributed by atoms with Gasteiger partial charge in [-0.2, -0.15) is 4.37 Å². The molecule has 2 heterocycles. The van der Waals surface area contributed by atoms with Gasteiger partial charge in [0, 0.05) is 29.8 Å². The molecule has 0 atom stereocenters. The standard InChI is InChI=1S/C11H17N5S/c1-8-14-10(17-15-8)16-6-9(12-7-16)5-13-11(2,3)4/h6-7,13H,5H2,1-4H3. The molecule has 0 amide bonds. The molecule has 2 rings (SSSR count). The minimum absolute atomic E-state index is 0.100. The van der Waals surface area contributed by atoms with Crippen LogP contribution in [0.3, 0.4) is 0 Å². The van der Waals surface area contributed by atoms with E-state index >= 15 is 0 Å². The number of hydrogen-bond acceptors (Lipinski definition) is 5. The fourth-order valence-corrected chi connectivity index (χ4v) is 1.93. The highest BCUT2D eigenvalue weighted by atomic mass is 32.1. The molecule has 5 nitrogen and oxygen atoms in total. The van der Waals surface area contributed by atoms with Crippen LogP contribution in [0.25, 0.3) is 5.13 Å². The van der Waals surface area contributed by atoms with Crippen molar-refractivity contribution in [3.8, 4) is 5.13 Å². The average molecular weight is 251 g/mol. The molecule has 17 heavy (non-hydrogen) atoms. The Hall–Kier alpha value is -1.27. The van der Waals surface area contributed by atoms with Crippen molar-refractivity contribution in [2.45, 2.75) is 39.8 Å². The van der Waals surface area contributed by atoms with Crippen molar-refractivity contribution in [2.24, 2.45) is 0 Å². The Labute approximate surface area is 105 Å². The zero-order valence-corrected chi connectivity index (χ0v) is 11.4. The third kappa shape index (κ3) is 3.34. The van der Waals surface area contributed by atoms with Crippen molar-refractivity contribution >= 4 is 11.5 Å². The van der Waals surface area contributed by atoms with E-state index in [9.17, 15) is 0 Å². The van der Waals surface area contributed by atoms with Crippen LogP contribution in [0, 0.1) is 6.92 Å². The number of hydrogen-bond donors (Lipinski definition) is 1. The van der Waals surface area contributed by atoms with E-state index in [2.05, 4.69) is 40.4 Å². The Bertz CT molecular complexity index is 494.